The number of aryl methyl sites for hydroxylation is 1. The largest absolute Gasteiger partial charge is 0.490 e. The van der Waals surface area contributed by atoms with Crippen LogP contribution in [0.5, 0.6) is 11.5 Å². The zero-order valence-corrected chi connectivity index (χ0v) is 13.4. The SMILES string of the molecule is O=C(CCc1ccc(F)cc1)NCc1ccc2c(c1)OCCCO2. The molecule has 0 spiro atoms. The van der Waals surface area contributed by atoms with E-state index >= 15 is 0 Å². The lowest BCUT2D eigenvalue weighted by Crippen LogP contribution is -2.23. The van der Waals surface area contributed by atoms with Crippen LogP contribution in [0.15, 0.2) is 42.5 Å². The molecule has 0 fully saturated rings. The van der Waals surface area contributed by atoms with E-state index in [0.717, 1.165) is 29.0 Å². The summed E-state index contributed by atoms with van der Waals surface area (Å²) in [6.45, 7) is 1.74. The van der Waals surface area contributed by atoms with E-state index in [1.807, 2.05) is 18.2 Å². The molecule has 4 nitrogen and oxygen atoms in total. The Balaban J connectivity index is 1.49. The summed E-state index contributed by atoms with van der Waals surface area (Å²) < 4.78 is 24.1. The van der Waals surface area contributed by atoms with Crippen molar-refractivity contribution in [3.8, 4) is 11.5 Å². The van der Waals surface area contributed by atoms with Gasteiger partial charge in [0.15, 0.2) is 11.5 Å². The minimum atomic E-state index is -0.266. The van der Waals surface area contributed by atoms with E-state index in [2.05, 4.69) is 5.32 Å². The lowest BCUT2D eigenvalue weighted by Gasteiger charge is -2.10. The summed E-state index contributed by atoms with van der Waals surface area (Å²) in [4.78, 5) is 12.0. The minimum Gasteiger partial charge on any atom is -0.490 e. The zero-order chi connectivity index (χ0) is 16.8. The maximum atomic E-state index is 12.8. The number of amides is 1. The van der Waals surface area contributed by atoms with Gasteiger partial charge < -0.3 is 14.8 Å². The fraction of sp³-hybridized carbons (Fsp3) is 0.316. The van der Waals surface area contributed by atoms with Gasteiger partial charge in [-0.1, -0.05) is 18.2 Å². The topological polar surface area (TPSA) is 47.6 Å². The highest BCUT2D eigenvalue weighted by atomic mass is 19.1. The lowest BCUT2D eigenvalue weighted by molar-refractivity contribution is -0.121. The van der Waals surface area contributed by atoms with Crippen molar-refractivity contribution in [3.05, 3.63) is 59.4 Å². The Hall–Kier alpha value is -2.56. The van der Waals surface area contributed by atoms with E-state index in [0.29, 0.717) is 32.6 Å². The third-order valence-corrected chi connectivity index (χ3v) is 3.86. The second kappa shape index (κ2) is 7.81. The predicted molar refractivity (Wildman–Crippen MR) is 88.6 cm³/mol. The molecule has 1 aliphatic rings. The monoisotopic (exact) mass is 329 g/mol. The highest BCUT2D eigenvalue weighted by Crippen LogP contribution is 2.30. The average Bonchev–Trinajstić information content (AvgIpc) is 2.84. The molecule has 0 radical (unpaired) electrons. The molecule has 0 aliphatic carbocycles. The number of ether oxygens (including phenoxy) is 2. The summed E-state index contributed by atoms with van der Waals surface area (Å²) >= 11 is 0. The molecule has 1 heterocycles. The molecule has 2 aromatic rings. The van der Waals surface area contributed by atoms with Crippen LogP contribution in [0.2, 0.25) is 0 Å². The van der Waals surface area contributed by atoms with E-state index < -0.39 is 0 Å². The van der Waals surface area contributed by atoms with Gasteiger partial charge in [-0.3, -0.25) is 4.79 Å². The van der Waals surface area contributed by atoms with Gasteiger partial charge in [-0.15, -0.1) is 0 Å². The zero-order valence-electron chi connectivity index (χ0n) is 13.4. The molecule has 0 saturated heterocycles. The van der Waals surface area contributed by atoms with Gasteiger partial charge in [0.2, 0.25) is 5.91 Å². The number of carbonyl (C=O) groups is 1. The molecule has 1 N–H and O–H groups in total. The van der Waals surface area contributed by atoms with Gasteiger partial charge in [0, 0.05) is 19.4 Å². The molecule has 0 aromatic heterocycles. The summed E-state index contributed by atoms with van der Waals surface area (Å²) in [5, 5.41) is 2.89. The lowest BCUT2D eigenvalue weighted by atomic mass is 10.1. The number of hydrogen-bond acceptors (Lipinski definition) is 3. The summed E-state index contributed by atoms with van der Waals surface area (Å²) in [7, 11) is 0. The standard InChI is InChI=1S/C19H20FNO3/c20-16-6-2-14(3-7-16)5-9-19(22)21-13-15-4-8-17-18(12-15)24-11-1-10-23-17/h2-4,6-8,12H,1,5,9-11,13H2,(H,21,22). The molecular weight excluding hydrogens is 309 g/mol. The molecule has 1 aliphatic heterocycles. The fourth-order valence-corrected chi connectivity index (χ4v) is 2.52. The van der Waals surface area contributed by atoms with Crippen LogP contribution >= 0.6 is 0 Å². The number of rotatable bonds is 5. The van der Waals surface area contributed by atoms with Crippen molar-refractivity contribution >= 4 is 5.91 Å². The Morgan fingerprint density at radius 3 is 2.50 bits per heavy atom. The fourth-order valence-electron chi connectivity index (χ4n) is 2.52. The van der Waals surface area contributed by atoms with Crippen molar-refractivity contribution in [2.45, 2.75) is 25.8 Å². The number of nitrogens with one attached hydrogen (secondary N) is 1. The summed E-state index contributed by atoms with van der Waals surface area (Å²) in [5.74, 6) is 1.17. The normalized spacial score (nSPS) is 13.2. The average molecular weight is 329 g/mol. The molecule has 24 heavy (non-hydrogen) atoms. The van der Waals surface area contributed by atoms with Crippen molar-refractivity contribution in [1.82, 2.24) is 5.32 Å². The molecule has 0 bridgehead atoms. The van der Waals surface area contributed by atoms with Gasteiger partial charge in [0.25, 0.3) is 0 Å². The number of carbonyl (C=O) groups excluding carboxylic acids is 1. The number of hydrogen-bond donors (Lipinski definition) is 1. The van der Waals surface area contributed by atoms with E-state index in [1.165, 1.54) is 12.1 Å². The molecule has 0 unspecified atom stereocenters. The molecule has 126 valence electrons. The number of fused-ring (bicyclic) bond motifs is 1. The first kappa shape index (κ1) is 16.3. The number of halogens is 1. The predicted octanol–water partition coefficient (Wildman–Crippen LogP) is 3.24. The molecular formula is C19H20FNO3. The summed E-state index contributed by atoms with van der Waals surface area (Å²) in [5.41, 5.74) is 1.91. The van der Waals surface area contributed by atoms with Crippen LogP contribution in [-0.2, 0) is 17.8 Å². The second-order valence-electron chi connectivity index (χ2n) is 5.73. The maximum absolute atomic E-state index is 12.8. The van der Waals surface area contributed by atoms with Crippen LogP contribution in [0.4, 0.5) is 4.39 Å². The van der Waals surface area contributed by atoms with Gasteiger partial charge in [-0.05, 0) is 41.8 Å². The summed E-state index contributed by atoms with van der Waals surface area (Å²) in [6.07, 6.45) is 1.83. The Morgan fingerprint density at radius 2 is 1.71 bits per heavy atom. The molecule has 2 aromatic carbocycles. The summed E-state index contributed by atoms with van der Waals surface area (Å²) in [6, 6.07) is 11.9. The van der Waals surface area contributed by atoms with Gasteiger partial charge in [-0.25, -0.2) is 4.39 Å². The molecule has 0 saturated carbocycles. The second-order valence-corrected chi connectivity index (χ2v) is 5.73. The van der Waals surface area contributed by atoms with E-state index in [4.69, 9.17) is 9.47 Å². The quantitative estimate of drug-likeness (QED) is 0.916. The van der Waals surface area contributed by atoms with Gasteiger partial charge in [-0.2, -0.15) is 0 Å². The van der Waals surface area contributed by atoms with Crippen LogP contribution < -0.4 is 14.8 Å². The molecule has 5 heteroatoms. The van der Waals surface area contributed by atoms with E-state index in [9.17, 15) is 9.18 Å². The van der Waals surface area contributed by atoms with Crippen LogP contribution in [-0.4, -0.2) is 19.1 Å². The Morgan fingerprint density at radius 1 is 1.00 bits per heavy atom. The Bertz CT molecular complexity index is 700. The van der Waals surface area contributed by atoms with E-state index in [1.54, 1.807) is 12.1 Å². The van der Waals surface area contributed by atoms with Crippen LogP contribution in [0.1, 0.15) is 24.0 Å². The van der Waals surface area contributed by atoms with Crippen LogP contribution in [0.3, 0.4) is 0 Å². The van der Waals surface area contributed by atoms with Gasteiger partial charge >= 0.3 is 0 Å². The van der Waals surface area contributed by atoms with E-state index in [-0.39, 0.29) is 11.7 Å². The van der Waals surface area contributed by atoms with Crippen LogP contribution in [0.25, 0.3) is 0 Å². The van der Waals surface area contributed by atoms with Crippen molar-refractivity contribution in [2.24, 2.45) is 0 Å². The van der Waals surface area contributed by atoms with Crippen molar-refractivity contribution in [1.29, 1.82) is 0 Å². The molecule has 0 atom stereocenters. The smallest absolute Gasteiger partial charge is 0.220 e. The first-order valence-electron chi connectivity index (χ1n) is 8.10. The number of benzene rings is 2. The third-order valence-electron chi connectivity index (χ3n) is 3.86. The molecule has 1 amide bonds. The van der Waals surface area contributed by atoms with Gasteiger partial charge in [0.05, 0.1) is 13.2 Å². The Kier molecular flexibility index (Phi) is 5.31. The minimum absolute atomic E-state index is 0.0357. The van der Waals surface area contributed by atoms with Crippen LogP contribution in [0, 0.1) is 5.82 Å². The van der Waals surface area contributed by atoms with Crippen molar-refractivity contribution in [3.63, 3.8) is 0 Å². The Labute approximate surface area is 140 Å². The highest BCUT2D eigenvalue weighted by molar-refractivity contribution is 5.76. The van der Waals surface area contributed by atoms with Crippen molar-refractivity contribution in [2.75, 3.05) is 13.2 Å². The highest BCUT2D eigenvalue weighted by Gasteiger charge is 2.11. The molecule has 3 rings (SSSR count). The maximum Gasteiger partial charge on any atom is 0.220 e. The van der Waals surface area contributed by atoms with Crippen molar-refractivity contribution < 1.29 is 18.7 Å². The first-order chi connectivity index (χ1) is 11.7. The van der Waals surface area contributed by atoms with Gasteiger partial charge in [0.1, 0.15) is 5.82 Å². The first-order valence-corrected chi connectivity index (χ1v) is 8.10. The third kappa shape index (κ3) is 4.47.